The average Bonchev–Trinajstić information content (AvgIpc) is 3.48. The van der Waals surface area contributed by atoms with Gasteiger partial charge in [0.05, 0.1) is 11.3 Å². The molecule has 1 amide bonds. The number of halogens is 1. The summed E-state index contributed by atoms with van der Waals surface area (Å²) in [5, 5.41) is 15.0. The van der Waals surface area contributed by atoms with Crippen LogP contribution in [0, 0.1) is 24.1 Å². The number of pyridine rings is 1. The van der Waals surface area contributed by atoms with Crippen LogP contribution < -0.4 is 5.32 Å². The number of aromatic amines is 1. The van der Waals surface area contributed by atoms with Crippen molar-refractivity contribution in [1.82, 2.24) is 14.9 Å². The Hall–Kier alpha value is -4.22. The predicted molar refractivity (Wildman–Crippen MR) is 134 cm³/mol. The number of H-pyrrole nitrogens is 1. The molecule has 168 valence electrons. The minimum Gasteiger partial charge on any atom is -0.361 e. The van der Waals surface area contributed by atoms with E-state index in [1.807, 2.05) is 37.4 Å². The second kappa shape index (κ2) is 8.28. The van der Waals surface area contributed by atoms with Gasteiger partial charge in [0.25, 0.3) is 5.91 Å². The number of thiophene rings is 1. The molecule has 2 N–H and O–H groups in total. The number of carbonyl (C=O) groups excluding carboxylic acids is 1. The lowest BCUT2D eigenvalue weighted by Crippen LogP contribution is -2.21. The number of nitriles is 1. The summed E-state index contributed by atoms with van der Waals surface area (Å²) in [6.45, 7) is 2.02. The first-order chi connectivity index (χ1) is 16.4. The predicted octanol–water partition coefficient (Wildman–Crippen LogP) is 6.21. The number of carbonyl (C=O) groups is 1. The molecule has 0 unspecified atom stereocenters. The van der Waals surface area contributed by atoms with Crippen LogP contribution in [0.15, 0.2) is 54.9 Å². The number of anilines is 2. The van der Waals surface area contributed by atoms with Crippen LogP contribution >= 0.6 is 11.3 Å². The first kappa shape index (κ1) is 21.6. The van der Waals surface area contributed by atoms with Crippen molar-refractivity contribution in [1.29, 1.82) is 5.26 Å². The lowest BCUT2D eigenvalue weighted by Gasteiger charge is -2.13. The monoisotopic (exact) mass is 469 g/mol. The molecule has 0 saturated carbocycles. The number of nitrogens with one attached hydrogen (secondary N) is 2. The van der Waals surface area contributed by atoms with Crippen LogP contribution in [0.3, 0.4) is 0 Å². The highest BCUT2D eigenvalue weighted by Gasteiger charge is 2.18. The molecule has 0 atom stereocenters. The first-order valence-electron chi connectivity index (χ1n) is 10.6. The Balaban J connectivity index is 1.64. The lowest BCUT2D eigenvalue weighted by atomic mass is 10.1. The van der Waals surface area contributed by atoms with Crippen molar-refractivity contribution in [3.63, 3.8) is 0 Å². The smallest absolute Gasteiger partial charge is 0.253 e. The molecule has 0 aliphatic rings. The quantitative estimate of drug-likeness (QED) is 0.328. The van der Waals surface area contributed by atoms with E-state index >= 15 is 0 Å². The molecule has 3 heterocycles. The number of hydrogen-bond donors (Lipinski definition) is 2. The summed E-state index contributed by atoms with van der Waals surface area (Å²) in [5.74, 6) is -0.629. The molecule has 6 nitrogen and oxygen atoms in total. The zero-order valence-corrected chi connectivity index (χ0v) is 19.5. The van der Waals surface area contributed by atoms with Gasteiger partial charge in [0, 0.05) is 64.5 Å². The van der Waals surface area contributed by atoms with Gasteiger partial charge in [-0.3, -0.25) is 4.79 Å². The van der Waals surface area contributed by atoms with Gasteiger partial charge in [-0.05, 0) is 55.0 Å². The second-order valence-corrected chi connectivity index (χ2v) is 9.22. The number of nitrogens with zero attached hydrogens (tertiary/aromatic N) is 3. The lowest BCUT2D eigenvalue weighted by molar-refractivity contribution is 0.0827. The molecule has 0 aliphatic carbocycles. The van der Waals surface area contributed by atoms with E-state index in [0.29, 0.717) is 32.1 Å². The maximum absolute atomic E-state index is 14.8. The van der Waals surface area contributed by atoms with E-state index in [-0.39, 0.29) is 5.91 Å². The molecule has 3 aromatic heterocycles. The number of aryl methyl sites for hydroxylation is 1. The summed E-state index contributed by atoms with van der Waals surface area (Å²) in [5.41, 5.74) is 4.68. The molecule has 0 fully saturated rings. The number of benzene rings is 2. The van der Waals surface area contributed by atoms with E-state index in [2.05, 4.69) is 21.4 Å². The topological polar surface area (TPSA) is 84.8 Å². The van der Waals surface area contributed by atoms with Gasteiger partial charge in [-0.1, -0.05) is 0 Å². The van der Waals surface area contributed by atoms with Gasteiger partial charge in [0.15, 0.2) is 0 Å². The maximum Gasteiger partial charge on any atom is 0.253 e. The maximum atomic E-state index is 14.8. The van der Waals surface area contributed by atoms with Crippen molar-refractivity contribution in [2.45, 2.75) is 6.92 Å². The largest absolute Gasteiger partial charge is 0.361 e. The normalized spacial score (nSPS) is 11.0. The molecule has 0 aliphatic heterocycles. The number of amides is 1. The van der Waals surface area contributed by atoms with Crippen LogP contribution in [0.2, 0.25) is 0 Å². The third kappa shape index (κ3) is 3.56. The minimum absolute atomic E-state index is 0.203. The number of aromatic nitrogens is 2. The molecule has 2 aromatic carbocycles. The van der Waals surface area contributed by atoms with E-state index in [1.54, 1.807) is 20.2 Å². The van der Waals surface area contributed by atoms with E-state index < -0.39 is 5.82 Å². The third-order valence-electron chi connectivity index (χ3n) is 5.83. The molecule has 0 bridgehead atoms. The second-order valence-electron chi connectivity index (χ2n) is 8.18. The Kier molecular flexibility index (Phi) is 5.27. The molecule has 0 spiro atoms. The van der Waals surface area contributed by atoms with Gasteiger partial charge in [0.1, 0.15) is 16.7 Å². The van der Waals surface area contributed by atoms with Crippen LogP contribution in [0.4, 0.5) is 15.8 Å². The Morgan fingerprint density at radius 2 is 2.00 bits per heavy atom. The minimum atomic E-state index is -0.425. The zero-order valence-electron chi connectivity index (χ0n) is 18.7. The van der Waals surface area contributed by atoms with Gasteiger partial charge in [-0.25, -0.2) is 9.37 Å². The van der Waals surface area contributed by atoms with E-state index in [1.165, 1.54) is 34.6 Å². The van der Waals surface area contributed by atoms with E-state index in [0.717, 1.165) is 27.5 Å². The van der Waals surface area contributed by atoms with Crippen LogP contribution in [-0.4, -0.2) is 34.9 Å². The van der Waals surface area contributed by atoms with E-state index in [9.17, 15) is 14.4 Å². The van der Waals surface area contributed by atoms with Crippen molar-refractivity contribution in [2.75, 3.05) is 19.4 Å². The molecule has 5 rings (SSSR count). The summed E-state index contributed by atoms with van der Waals surface area (Å²) in [4.78, 5) is 22.8. The fourth-order valence-corrected chi connectivity index (χ4v) is 5.03. The molecule has 34 heavy (non-hydrogen) atoms. The van der Waals surface area contributed by atoms with Crippen molar-refractivity contribution in [3.8, 4) is 16.5 Å². The SMILES string of the molecule is Cc1c(Nc2c(C#N)cnc3sc(-c4cc(C(=O)N(C)C)ccc4F)cc23)ccc2[nH]ccc12. The molecule has 8 heteroatoms. The fraction of sp³-hybridized carbons (Fsp3) is 0.115. The van der Waals surface area contributed by atoms with Crippen molar-refractivity contribution in [3.05, 3.63) is 77.4 Å². The van der Waals surface area contributed by atoms with Crippen LogP contribution in [0.25, 0.3) is 31.6 Å². The molecule has 5 aromatic rings. The van der Waals surface area contributed by atoms with Crippen molar-refractivity contribution < 1.29 is 9.18 Å². The van der Waals surface area contributed by atoms with Crippen molar-refractivity contribution >= 4 is 49.7 Å². The standard InChI is InChI=1S/C26H20FN5OS/c1-14-17-8-9-29-22(17)7-6-21(14)31-24-16(12-28)13-30-25-19(24)11-23(34-25)18-10-15(4-5-20(18)27)26(33)32(2)3/h4-11,13,29H,1-3H3,(H,30,31). The molecular formula is C26H20FN5OS. The number of fused-ring (bicyclic) bond motifs is 2. The summed E-state index contributed by atoms with van der Waals surface area (Å²) >= 11 is 1.31. The molecular weight excluding hydrogens is 449 g/mol. The van der Waals surface area contributed by atoms with Crippen LogP contribution in [0.1, 0.15) is 21.5 Å². The highest BCUT2D eigenvalue weighted by atomic mass is 32.1. The molecule has 0 saturated heterocycles. The Labute approximate surface area is 199 Å². The average molecular weight is 470 g/mol. The number of hydrogen-bond acceptors (Lipinski definition) is 5. The highest BCUT2D eigenvalue weighted by molar-refractivity contribution is 7.22. The van der Waals surface area contributed by atoms with Crippen LogP contribution in [0.5, 0.6) is 0 Å². The fourth-order valence-electron chi connectivity index (χ4n) is 4.00. The summed E-state index contributed by atoms with van der Waals surface area (Å²) in [7, 11) is 3.31. The van der Waals surface area contributed by atoms with Gasteiger partial charge in [0.2, 0.25) is 0 Å². The molecule has 0 radical (unpaired) electrons. The van der Waals surface area contributed by atoms with Crippen molar-refractivity contribution in [2.24, 2.45) is 0 Å². The summed E-state index contributed by atoms with van der Waals surface area (Å²) < 4.78 is 14.8. The Bertz CT molecular complexity index is 1630. The number of rotatable bonds is 4. The Morgan fingerprint density at radius 3 is 2.76 bits per heavy atom. The van der Waals surface area contributed by atoms with Gasteiger partial charge in [-0.15, -0.1) is 11.3 Å². The highest BCUT2D eigenvalue weighted by Crippen LogP contribution is 2.40. The van der Waals surface area contributed by atoms with Gasteiger partial charge < -0.3 is 15.2 Å². The first-order valence-corrected chi connectivity index (χ1v) is 11.4. The van der Waals surface area contributed by atoms with Gasteiger partial charge in [-0.2, -0.15) is 5.26 Å². The summed E-state index contributed by atoms with van der Waals surface area (Å²) in [6.07, 6.45) is 3.42. The Morgan fingerprint density at radius 1 is 1.18 bits per heavy atom. The third-order valence-corrected chi connectivity index (χ3v) is 6.91. The van der Waals surface area contributed by atoms with E-state index in [4.69, 9.17) is 0 Å². The zero-order chi connectivity index (χ0) is 24.0. The van der Waals surface area contributed by atoms with Crippen LogP contribution in [-0.2, 0) is 0 Å². The summed E-state index contributed by atoms with van der Waals surface area (Å²) in [6, 6.07) is 14.3. The van der Waals surface area contributed by atoms with Gasteiger partial charge >= 0.3 is 0 Å².